The van der Waals surface area contributed by atoms with Crippen molar-refractivity contribution >= 4 is 11.8 Å². The van der Waals surface area contributed by atoms with Crippen LogP contribution in [-0.2, 0) is 17.6 Å². The van der Waals surface area contributed by atoms with Gasteiger partial charge in [-0.3, -0.25) is 0 Å². The normalized spacial score (nSPS) is 19.2. The zero-order valence-corrected chi connectivity index (χ0v) is 10.8. The molecule has 1 aliphatic carbocycles. The minimum Gasteiger partial charge on any atom is -0.478 e. The maximum absolute atomic E-state index is 11.4. The van der Waals surface area contributed by atoms with Crippen LogP contribution in [0.3, 0.4) is 0 Å². The largest absolute Gasteiger partial charge is 0.478 e. The molecule has 1 aromatic heterocycles. The molecule has 0 unspecified atom stereocenters. The minimum atomic E-state index is -0.906. The first-order chi connectivity index (χ1) is 9.24. The summed E-state index contributed by atoms with van der Waals surface area (Å²) in [6, 6.07) is 2.05. The zero-order chi connectivity index (χ0) is 13.2. The Balaban J connectivity index is 1.87. The first-order valence-corrected chi connectivity index (χ1v) is 6.84. The molecule has 102 valence electrons. The van der Waals surface area contributed by atoms with E-state index in [1.165, 1.54) is 0 Å². The smallest absolute Gasteiger partial charge is 0.339 e. The Kier molecular flexibility index (Phi) is 3.38. The molecule has 0 atom stereocenters. The second-order valence-corrected chi connectivity index (χ2v) is 5.18. The Labute approximate surface area is 112 Å². The number of nitrogens with zero attached hydrogens (tertiary/aromatic N) is 1. The van der Waals surface area contributed by atoms with Crippen LogP contribution in [0, 0.1) is 0 Å². The lowest BCUT2D eigenvalue weighted by Gasteiger charge is -2.24. The standard InChI is InChI=1S/C14H18N2O3/c17-14(18)11-8-9-2-1-3-12(9)16-13(11)15-10-4-6-19-7-5-10/h8,10H,1-7H2,(H,15,16)(H,17,18). The average molecular weight is 262 g/mol. The van der Waals surface area contributed by atoms with Gasteiger partial charge in [-0.25, -0.2) is 9.78 Å². The van der Waals surface area contributed by atoms with E-state index in [-0.39, 0.29) is 6.04 Å². The number of rotatable bonds is 3. The van der Waals surface area contributed by atoms with E-state index >= 15 is 0 Å². The number of hydrogen-bond donors (Lipinski definition) is 2. The Morgan fingerprint density at radius 2 is 2.16 bits per heavy atom. The number of aryl methyl sites for hydroxylation is 2. The number of anilines is 1. The molecule has 0 bridgehead atoms. The van der Waals surface area contributed by atoms with Gasteiger partial charge in [0.15, 0.2) is 0 Å². The lowest BCUT2D eigenvalue weighted by molar-refractivity contribution is 0.0697. The molecule has 2 aliphatic rings. The van der Waals surface area contributed by atoms with Crippen molar-refractivity contribution in [2.75, 3.05) is 18.5 Å². The van der Waals surface area contributed by atoms with Crippen molar-refractivity contribution < 1.29 is 14.6 Å². The molecule has 0 aromatic carbocycles. The highest BCUT2D eigenvalue weighted by Gasteiger charge is 2.22. The van der Waals surface area contributed by atoms with Gasteiger partial charge in [-0.1, -0.05) is 0 Å². The Morgan fingerprint density at radius 1 is 1.37 bits per heavy atom. The fourth-order valence-electron chi connectivity index (χ4n) is 2.78. The molecule has 1 fully saturated rings. The highest BCUT2D eigenvalue weighted by atomic mass is 16.5. The maximum Gasteiger partial charge on any atom is 0.339 e. The number of carboxylic acid groups (broad SMARTS) is 1. The van der Waals surface area contributed by atoms with Crippen LogP contribution < -0.4 is 5.32 Å². The van der Waals surface area contributed by atoms with Crippen molar-refractivity contribution in [2.24, 2.45) is 0 Å². The molecular weight excluding hydrogens is 244 g/mol. The van der Waals surface area contributed by atoms with E-state index in [1.807, 2.05) is 0 Å². The summed E-state index contributed by atoms with van der Waals surface area (Å²) >= 11 is 0. The quantitative estimate of drug-likeness (QED) is 0.870. The monoisotopic (exact) mass is 262 g/mol. The van der Waals surface area contributed by atoms with Crippen molar-refractivity contribution in [3.8, 4) is 0 Å². The number of ether oxygens (including phenoxy) is 1. The summed E-state index contributed by atoms with van der Waals surface area (Å²) in [5, 5.41) is 12.6. The molecule has 2 heterocycles. The SMILES string of the molecule is O=C(O)c1cc2c(nc1NC1CCOCC1)CCC2. The second-order valence-electron chi connectivity index (χ2n) is 5.18. The third-order valence-corrected chi connectivity index (χ3v) is 3.84. The summed E-state index contributed by atoms with van der Waals surface area (Å²) in [5.41, 5.74) is 2.45. The summed E-state index contributed by atoms with van der Waals surface area (Å²) in [6.45, 7) is 1.45. The van der Waals surface area contributed by atoms with Crippen LogP contribution in [0.4, 0.5) is 5.82 Å². The summed E-state index contributed by atoms with van der Waals surface area (Å²) in [4.78, 5) is 15.9. The molecule has 0 amide bonds. The van der Waals surface area contributed by atoms with Crippen LogP contribution in [0.1, 0.15) is 40.9 Å². The molecule has 0 saturated carbocycles. The molecule has 1 aliphatic heterocycles. The number of fused-ring (bicyclic) bond motifs is 1. The summed E-state index contributed by atoms with van der Waals surface area (Å²) in [5.74, 6) is -0.378. The molecular formula is C14H18N2O3. The van der Waals surface area contributed by atoms with Crippen LogP contribution in [-0.4, -0.2) is 35.3 Å². The number of nitrogens with one attached hydrogen (secondary N) is 1. The molecule has 3 rings (SSSR count). The Bertz CT molecular complexity index is 496. The van der Waals surface area contributed by atoms with Crippen molar-refractivity contribution in [3.05, 3.63) is 22.9 Å². The number of carboxylic acids is 1. The summed E-state index contributed by atoms with van der Waals surface area (Å²) < 4.78 is 5.31. The third kappa shape index (κ3) is 2.56. The Hall–Kier alpha value is -1.62. The van der Waals surface area contributed by atoms with Crippen LogP contribution in [0.15, 0.2) is 6.07 Å². The summed E-state index contributed by atoms with van der Waals surface area (Å²) in [6.07, 6.45) is 4.77. The highest BCUT2D eigenvalue weighted by Crippen LogP contribution is 2.26. The molecule has 5 nitrogen and oxygen atoms in total. The van der Waals surface area contributed by atoms with Gasteiger partial charge in [0.05, 0.1) is 0 Å². The second kappa shape index (κ2) is 5.17. The molecule has 2 N–H and O–H groups in total. The summed E-state index contributed by atoms with van der Waals surface area (Å²) in [7, 11) is 0. The van der Waals surface area contributed by atoms with Gasteiger partial charge in [-0.05, 0) is 43.7 Å². The Morgan fingerprint density at radius 3 is 2.89 bits per heavy atom. The number of aromatic carboxylic acids is 1. The topological polar surface area (TPSA) is 71.5 Å². The predicted molar refractivity (Wildman–Crippen MR) is 70.7 cm³/mol. The van der Waals surface area contributed by atoms with Gasteiger partial charge in [0.2, 0.25) is 0 Å². The minimum absolute atomic E-state index is 0.263. The van der Waals surface area contributed by atoms with E-state index in [2.05, 4.69) is 10.3 Å². The van der Waals surface area contributed by atoms with Gasteiger partial charge in [-0.2, -0.15) is 0 Å². The lowest BCUT2D eigenvalue weighted by Crippen LogP contribution is -2.29. The van der Waals surface area contributed by atoms with Crippen molar-refractivity contribution in [3.63, 3.8) is 0 Å². The average Bonchev–Trinajstić information content (AvgIpc) is 2.86. The molecule has 1 aromatic rings. The van der Waals surface area contributed by atoms with Crippen LogP contribution in [0.25, 0.3) is 0 Å². The zero-order valence-electron chi connectivity index (χ0n) is 10.8. The third-order valence-electron chi connectivity index (χ3n) is 3.84. The molecule has 0 spiro atoms. The highest BCUT2D eigenvalue weighted by molar-refractivity contribution is 5.93. The van der Waals surface area contributed by atoms with E-state index in [0.717, 1.165) is 56.6 Å². The molecule has 19 heavy (non-hydrogen) atoms. The van der Waals surface area contributed by atoms with Crippen LogP contribution in [0.5, 0.6) is 0 Å². The molecule has 0 radical (unpaired) electrons. The van der Waals surface area contributed by atoms with E-state index in [9.17, 15) is 9.90 Å². The fourth-order valence-corrected chi connectivity index (χ4v) is 2.78. The molecule has 1 saturated heterocycles. The van der Waals surface area contributed by atoms with Gasteiger partial charge < -0.3 is 15.2 Å². The first-order valence-electron chi connectivity index (χ1n) is 6.84. The number of carbonyl (C=O) groups is 1. The van der Waals surface area contributed by atoms with Crippen LogP contribution in [0.2, 0.25) is 0 Å². The predicted octanol–water partition coefficient (Wildman–Crippen LogP) is 1.86. The first kappa shape index (κ1) is 12.4. The maximum atomic E-state index is 11.4. The van der Waals surface area contributed by atoms with Crippen molar-refractivity contribution in [1.82, 2.24) is 4.98 Å². The van der Waals surface area contributed by atoms with E-state index in [1.54, 1.807) is 6.07 Å². The van der Waals surface area contributed by atoms with E-state index in [0.29, 0.717) is 11.4 Å². The van der Waals surface area contributed by atoms with Gasteiger partial charge in [-0.15, -0.1) is 0 Å². The van der Waals surface area contributed by atoms with Crippen molar-refractivity contribution in [1.29, 1.82) is 0 Å². The lowest BCUT2D eigenvalue weighted by atomic mass is 10.1. The fraction of sp³-hybridized carbons (Fsp3) is 0.571. The number of pyridine rings is 1. The number of aromatic nitrogens is 1. The van der Waals surface area contributed by atoms with Gasteiger partial charge in [0.25, 0.3) is 0 Å². The van der Waals surface area contributed by atoms with Gasteiger partial charge in [0, 0.05) is 24.9 Å². The van der Waals surface area contributed by atoms with Gasteiger partial charge in [0.1, 0.15) is 11.4 Å². The van der Waals surface area contributed by atoms with Crippen LogP contribution >= 0.6 is 0 Å². The number of hydrogen-bond acceptors (Lipinski definition) is 4. The van der Waals surface area contributed by atoms with E-state index in [4.69, 9.17) is 4.74 Å². The van der Waals surface area contributed by atoms with E-state index < -0.39 is 5.97 Å². The van der Waals surface area contributed by atoms with Gasteiger partial charge >= 0.3 is 5.97 Å². The molecule has 5 heteroatoms. The van der Waals surface area contributed by atoms with Crippen molar-refractivity contribution in [2.45, 2.75) is 38.1 Å².